The van der Waals surface area contributed by atoms with E-state index in [1.54, 1.807) is 6.26 Å². The molecule has 0 amide bonds. The molecule has 0 radical (unpaired) electrons. The monoisotopic (exact) mass is 243 g/mol. The van der Waals surface area contributed by atoms with Gasteiger partial charge in [0.2, 0.25) is 0 Å². The van der Waals surface area contributed by atoms with Crippen molar-refractivity contribution in [1.29, 1.82) is 0 Å². The van der Waals surface area contributed by atoms with Gasteiger partial charge in [-0.3, -0.25) is 0 Å². The Morgan fingerprint density at radius 3 is 2.61 bits per heavy atom. The quantitative estimate of drug-likeness (QED) is 0.765. The van der Waals surface area contributed by atoms with Crippen molar-refractivity contribution in [2.45, 2.75) is 18.6 Å². The Morgan fingerprint density at radius 2 is 1.89 bits per heavy atom. The van der Waals surface area contributed by atoms with Gasteiger partial charge in [-0.15, -0.1) is 0 Å². The van der Waals surface area contributed by atoms with Crippen molar-refractivity contribution in [3.8, 4) is 0 Å². The number of nitrogens with two attached hydrogens (primary N) is 1. The Balaban J connectivity index is 1.80. The van der Waals surface area contributed by atoms with E-state index < -0.39 is 0 Å². The molecule has 1 aliphatic rings. The minimum atomic E-state index is -0.0692. The first-order chi connectivity index (χ1) is 8.84. The lowest BCUT2D eigenvalue weighted by molar-refractivity contribution is 0.360. The summed E-state index contributed by atoms with van der Waals surface area (Å²) in [6, 6.07) is 14.4. The molecule has 0 bridgehead atoms. The summed E-state index contributed by atoms with van der Waals surface area (Å²) in [5, 5.41) is 0. The Kier molecular flexibility index (Phi) is 3.15. The molecular formula is C14H17N3O. The normalized spacial score (nSPS) is 27.5. The number of furan rings is 1. The second-order valence-corrected chi connectivity index (χ2v) is 4.66. The van der Waals surface area contributed by atoms with E-state index in [2.05, 4.69) is 35.1 Å². The maximum absolute atomic E-state index is 6.11. The maximum Gasteiger partial charge on any atom is 0.122 e. The molecule has 3 rings (SSSR count). The number of hydrogen-bond donors (Lipinski definition) is 3. The van der Waals surface area contributed by atoms with Crippen molar-refractivity contribution in [3.63, 3.8) is 0 Å². The van der Waals surface area contributed by atoms with Gasteiger partial charge in [0.25, 0.3) is 0 Å². The second kappa shape index (κ2) is 4.94. The Bertz CT molecular complexity index is 483. The molecule has 0 spiro atoms. The van der Waals surface area contributed by atoms with E-state index in [9.17, 15) is 0 Å². The molecule has 4 heteroatoms. The largest absolute Gasteiger partial charge is 0.468 e. The summed E-state index contributed by atoms with van der Waals surface area (Å²) in [7, 11) is 0. The fourth-order valence-corrected chi connectivity index (χ4v) is 2.49. The highest BCUT2D eigenvalue weighted by Gasteiger charge is 2.36. The molecule has 1 aromatic carbocycles. The van der Waals surface area contributed by atoms with Gasteiger partial charge in [-0.2, -0.15) is 0 Å². The maximum atomic E-state index is 6.11. The summed E-state index contributed by atoms with van der Waals surface area (Å²) in [6.45, 7) is 0. The smallest absolute Gasteiger partial charge is 0.122 e. The average Bonchev–Trinajstić information content (AvgIpc) is 3.02. The van der Waals surface area contributed by atoms with Crippen LogP contribution in [0, 0.1) is 5.92 Å². The van der Waals surface area contributed by atoms with E-state index in [1.165, 1.54) is 5.56 Å². The van der Waals surface area contributed by atoms with Crippen molar-refractivity contribution >= 4 is 0 Å². The second-order valence-electron chi connectivity index (χ2n) is 4.66. The van der Waals surface area contributed by atoms with Crippen LogP contribution >= 0.6 is 0 Å². The summed E-state index contributed by atoms with van der Waals surface area (Å²) in [6.07, 6.45) is 2.55. The Hall–Kier alpha value is -1.62. The van der Waals surface area contributed by atoms with Gasteiger partial charge in [0.05, 0.1) is 18.5 Å². The van der Waals surface area contributed by atoms with Gasteiger partial charge in [0, 0.05) is 5.92 Å². The van der Waals surface area contributed by atoms with Crippen molar-refractivity contribution < 1.29 is 4.42 Å². The molecule has 4 N–H and O–H groups in total. The highest BCUT2D eigenvalue weighted by molar-refractivity contribution is 5.18. The van der Waals surface area contributed by atoms with Crippen LogP contribution < -0.4 is 16.6 Å². The van der Waals surface area contributed by atoms with Crippen molar-refractivity contribution in [3.05, 3.63) is 60.1 Å². The zero-order valence-corrected chi connectivity index (χ0v) is 10.0. The summed E-state index contributed by atoms with van der Waals surface area (Å²) in [4.78, 5) is 0. The molecule has 0 aliphatic carbocycles. The average molecular weight is 243 g/mol. The highest BCUT2D eigenvalue weighted by Crippen LogP contribution is 2.30. The lowest BCUT2D eigenvalue weighted by atomic mass is 9.90. The van der Waals surface area contributed by atoms with Gasteiger partial charge < -0.3 is 10.2 Å². The van der Waals surface area contributed by atoms with Crippen LogP contribution in [0.4, 0.5) is 0 Å². The lowest BCUT2D eigenvalue weighted by Gasteiger charge is -2.19. The van der Waals surface area contributed by atoms with Crippen LogP contribution in [0.15, 0.2) is 53.1 Å². The van der Waals surface area contributed by atoms with Crippen LogP contribution in [0.2, 0.25) is 0 Å². The first-order valence-electron chi connectivity index (χ1n) is 6.18. The molecule has 3 unspecified atom stereocenters. The molecule has 1 fully saturated rings. The van der Waals surface area contributed by atoms with E-state index in [0.29, 0.717) is 0 Å². The minimum Gasteiger partial charge on any atom is -0.468 e. The molecule has 4 nitrogen and oxygen atoms in total. The standard InChI is InChI=1S/C14H17N3O/c15-14-11(9-10-5-2-1-3-6-10)13(16-17-14)12-7-4-8-18-12/h1-8,11,13-14,16-17H,9,15H2. The van der Waals surface area contributed by atoms with E-state index in [1.807, 2.05) is 18.2 Å². The van der Waals surface area contributed by atoms with Gasteiger partial charge in [-0.25, -0.2) is 10.9 Å². The zero-order chi connectivity index (χ0) is 12.4. The predicted octanol–water partition coefficient (Wildman–Crippen LogP) is 1.57. The third-order valence-corrected chi connectivity index (χ3v) is 3.46. The van der Waals surface area contributed by atoms with Crippen molar-refractivity contribution in [1.82, 2.24) is 10.9 Å². The van der Waals surface area contributed by atoms with Crippen LogP contribution in [0.3, 0.4) is 0 Å². The van der Waals surface area contributed by atoms with Crippen LogP contribution in [0.1, 0.15) is 17.4 Å². The molecule has 2 heterocycles. The van der Waals surface area contributed by atoms with Crippen LogP contribution in [0.25, 0.3) is 0 Å². The number of rotatable bonds is 3. The first kappa shape index (κ1) is 11.5. The van der Waals surface area contributed by atoms with E-state index >= 15 is 0 Å². The van der Waals surface area contributed by atoms with Crippen LogP contribution in [-0.4, -0.2) is 6.17 Å². The van der Waals surface area contributed by atoms with Gasteiger partial charge in [0.1, 0.15) is 5.76 Å². The third-order valence-electron chi connectivity index (χ3n) is 3.46. The Labute approximate surface area is 106 Å². The number of nitrogens with one attached hydrogen (secondary N) is 2. The van der Waals surface area contributed by atoms with Gasteiger partial charge >= 0.3 is 0 Å². The Morgan fingerprint density at radius 1 is 1.06 bits per heavy atom. The summed E-state index contributed by atoms with van der Waals surface area (Å²) in [5.74, 6) is 1.20. The number of hydrogen-bond acceptors (Lipinski definition) is 4. The van der Waals surface area contributed by atoms with Gasteiger partial charge in [-0.1, -0.05) is 30.3 Å². The summed E-state index contributed by atoms with van der Waals surface area (Å²) < 4.78 is 5.48. The van der Waals surface area contributed by atoms with Gasteiger partial charge in [-0.05, 0) is 24.1 Å². The predicted molar refractivity (Wildman–Crippen MR) is 69.3 cm³/mol. The molecule has 94 valence electrons. The molecule has 1 aromatic heterocycles. The SMILES string of the molecule is NC1NNC(c2ccco2)C1Cc1ccccc1. The summed E-state index contributed by atoms with van der Waals surface area (Å²) in [5.41, 5.74) is 13.7. The number of benzene rings is 1. The molecule has 3 atom stereocenters. The van der Waals surface area contributed by atoms with E-state index in [4.69, 9.17) is 10.2 Å². The summed E-state index contributed by atoms with van der Waals surface area (Å²) >= 11 is 0. The van der Waals surface area contributed by atoms with E-state index in [-0.39, 0.29) is 18.1 Å². The third kappa shape index (κ3) is 2.18. The topological polar surface area (TPSA) is 63.2 Å². The fourth-order valence-electron chi connectivity index (χ4n) is 2.49. The minimum absolute atomic E-state index is 0.0692. The fraction of sp³-hybridized carbons (Fsp3) is 0.286. The molecular weight excluding hydrogens is 226 g/mol. The van der Waals surface area contributed by atoms with Crippen molar-refractivity contribution in [2.75, 3.05) is 0 Å². The highest BCUT2D eigenvalue weighted by atomic mass is 16.3. The van der Waals surface area contributed by atoms with E-state index in [0.717, 1.165) is 12.2 Å². The zero-order valence-electron chi connectivity index (χ0n) is 10.0. The van der Waals surface area contributed by atoms with Crippen molar-refractivity contribution in [2.24, 2.45) is 11.7 Å². The molecule has 1 saturated heterocycles. The molecule has 2 aromatic rings. The molecule has 1 aliphatic heterocycles. The first-order valence-corrected chi connectivity index (χ1v) is 6.18. The lowest BCUT2D eigenvalue weighted by Crippen LogP contribution is -2.39. The van der Waals surface area contributed by atoms with Crippen LogP contribution in [-0.2, 0) is 6.42 Å². The molecule has 0 saturated carbocycles. The van der Waals surface area contributed by atoms with Gasteiger partial charge in [0.15, 0.2) is 0 Å². The van der Waals surface area contributed by atoms with Crippen LogP contribution in [0.5, 0.6) is 0 Å². The molecule has 18 heavy (non-hydrogen) atoms. The number of hydrazine groups is 1.